The maximum Gasteiger partial charge on any atom is 0.253 e. The standard InChI is InChI=1S/C15H20BrNO/c1-11-4-3-5-14(10-11)15(18)17-8-6-13(7-9-17)12(2)16/h3-5,10,12-13H,6-9H2,1-2H3. The Morgan fingerprint density at radius 2 is 2.06 bits per heavy atom. The van der Waals surface area contributed by atoms with Gasteiger partial charge in [-0.1, -0.05) is 40.5 Å². The summed E-state index contributed by atoms with van der Waals surface area (Å²) in [6.07, 6.45) is 2.20. The summed E-state index contributed by atoms with van der Waals surface area (Å²) in [5, 5.41) is 0. The molecule has 0 bridgehead atoms. The maximum atomic E-state index is 12.3. The first-order chi connectivity index (χ1) is 8.58. The van der Waals surface area contributed by atoms with Gasteiger partial charge in [-0.05, 0) is 37.8 Å². The summed E-state index contributed by atoms with van der Waals surface area (Å²) >= 11 is 3.64. The van der Waals surface area contributed by atoms with Crippen molar-refractivity contribution < 1.29 is 4.79 Å². The van der Waals surface area contributed by atoms with Gasteiger partial charge in [0.1, 0.15) is 0 Å². The number of carbonyl (C=O) groups excluding carboxylic acids is 1. The minimum atomic E-state index is 0.180. The molecule has 3 heteroatoms. The summed E-state index contributed by atoms with van der Waals surface area (Å²) in [6.45, 7) is 5.99. The molecule has 0 aliphatic carbocycles. The van der Waals surface area contributed by atoms with Crippen molar-refractivity contribution in [2.45, 2.75) is 31.5 Å². The Hall–Kier alpha value is -0.830. The van der Waals surface area contributed by atoms with Gasteiger partial charge >= 0.3 is 0 Å². The first-order valence-electron chi connectivity index (χ1n) is 6.58. The van der Waals surface area contributed by atoms with Crippen LogP contribution in [0, 0.1) is 12.8 Å². The number of hydrogen-bond acceptors (Lipinski definition) is 1. The van der Waals surface area contributed by atoms with Crippen LogP contribution in [0.25, 0.3) is 0 Å². The lowest BCUT2D eigenvalue weighted by atomic mass is 9.94. The van der Waals surface area contributed by atoms with Gasteiger partial charge < -0.3 is 4.90 Å². The molecule has 0 aromatic heterocycles. The Bertz CT molecular complexity index is 422. The average molecular weight is 310 g/mol. The number of piperidine rings is 1. The van der Waals surface area contributed by atoms with Crippen LogP contribution < -0.4 is 0 Å². The number of nitrogens with zero attached hydrogens (tertiary/aromatic N) is 1. The Morgan fingerprint density at radius 3 is 2.61 bits per heavy atom. The average Bonchev–Trinajstić information content (AvgIpc) is 2.38. The van der Waals surface area contributed by atoms with Crippen molar-refractivity contribution in [2.75, 3.05) is 13.1 Å². The molecule has 1 saturated heterocycles. The Kier molecular flexibility index (Phi) is 4.44. The third-order valence-corrected chi connectivity index (χ3v) is 4.49. The number of likely N-dealkylation sites (tertiary alicyclic amines) is 1. The summed E-state index contributed by atoms with van der Waals surface area (Å²) in [6, 6.07) is 7.86. The predicted molar refractivity (Wildman–Crippen MR) is 78.2 cm³/mol. The fourth-order valence-electron chi connectivity index (χ4n) is 2.52. The van der Waals surface area contributed by atoms with Crippen LogP contribution in [0.4, 0.5) is 0 Å². The summed E-state index contributed by atoms with van der Waals surface area (Å²) in [4.78, 5) is 14.9. The first kappa shape index (κ1) is 13.6. The molecule has 2 rings (SSSR count). The van der Waals surface area contributed by atoms with E-state index in [1.807, 2.05) is 36.1 Å². The van der Waals surface area contributed by atoms with E-state index in [0.29, 0.717) is 10.7 Å². The summed E-state index contributed by atoms with van der Waals surface area (Å²) in [5.74, 6) is 0.880. The van der Waals surface area contributed by atoms with Crippen molar-refractivity contribution in [1.82, 2.24) is 4.90 Å². The summed E-state index contributed by atoms with van der Waals surface area (Å²) in [5.41, 5.74) is 1.96. The van der Waals surface area contributed by atoms with Gasteiger partial charge in [-0.15, -0.1) is 0 Å². The zero-order chi connectivity index (χ0) is 13.1. The quantitative estimate of drug-likeness (QED) is 0.764. The Labute approximate surface area is 117 Å². The summed E-state index contributed by atoms with van der Waals surface area (Å²) in [7, 11) is 0. The van der Waals surface area contributed by atoms with E-state index >= 15 is 0 Å². The van der Waals surface area contributed by atoms with Crippen LogP contribution in [-0.4, -0.2) is 28.7 Å². The fraction of sp³-hybridized carbons (Fsp3) is 0.533. The number of amides is 1. The second-order valence-electron chi connectivity index (χ2n) is 5.18. The van der Waals surface area contributed by atoms with Crippen LogP contribution in [0.2, 0.25) is 0 Å². The zero-order valence-electron chi connectivity index (χ0n) is 11.0. The Balaban J connectivity index is 1.99. The van der Waals surface area contributed by atoms with E-state index in [2.05, 4.69) is 22.9 Å². The molecule has 1 aliphatic rings. The van der Waals surface area contributed by atoms with E-state index in [-0.39, 0.29) is 5.91 Å². The number of halogens is 1. The van der Waals surface area contributed by atoms with Crippen LogP contribution in [0.5, 0.6) is 0 Å². The summed E-state index contributed by atoms with van der Waals surface area (Å²) < 4.78 is 0. The van der Waals surface area contributed by atoms with E-state index in [0.717, 1.165) is 37.1 Å². The van der Waals surface area contributed by atoms with Crippen LogP contribution in [-0.2, 0) is 0 Å². The molecule has 1 aliphatic heterocycles. The number of benzene rings is 1. The van der Waals surface area contributed by atoms with Gasteiger partial charge in [-0.3, -0.25) is 4.79 Å². The van der Waals surface area contributed by atoms with Crippen molar-refractivity contribution in [3.05, 3.63) is 35.4 Å². The molecule has 1 unspecified atom stereocenters. The van der Waals surface area contributed by atoms with Crippen LogP contribution in [0.3, 0.4) is 0 Å². The number of alkyl halides is 1. The molecule has 0 radical (unpaired) electrons. The third kappa shape index (κ3) is 3.14. The van der Waals surface area contributed by atoms with Gasteiger partial charge in [0.25, 0.3) is 5.91 Å². The fourth-order valence-corrected chi connectivity index (χ4v) is 3.05. The molecule has 18 heavy (non-hydrogen) atoms. The monoisotopic (exact) mass is 309 g/mol. The molecule has 0 N–H and O–H groups in total. The smallest absolute Gasteiger partial charge is 0.253 e. The number of aryl methyl sites for hydroxylation is 1. The number of rotatable bonds is 2. The lowest BCUT2D eigenvalue weighted by Crippen LogP contribution is -2.39. The molecule has 98 valence electrons. The van der Waals surface area contributed by atoms with E-state index < -0.39 is 0 Å². The highest BCUT2D eigenvalue weighted by Gasteiger charge is 2.25. The van der Waals surface area contributed by atoms with Crippen molar-refractivity contribution in [2.24, 2.45) is 5.92 Å². The first-order valence-corrected chi connectivity index (χ1v) is 7.49. The minimum Gasteiger partial charge on any atom is -0.339 e. The SMILES string of the molecule is Cc1cccc(C(=O)N2CCC(C(C)Br)CC2)c1. The molecular formula is C15H20BrNO. The topological polar surface area (TPSA) is 20.3 Å². The third-order valence-electron chi connectivity index (χ3n) is 3.74. The number of carbonyl (C=O) groups is 1. The minimum absolute atomic E-state index is 0.180. The molecule has 1 aromatic carbocycles. The highest BCUT2D eigenvalue weighted by molar-refractivity contribution is 9.09. The van der Waals surface area contributed by atoms with Gasteiger partial charge in [0, 0.05) is 23.5 Å². The Morgan fingerprint density at radius 1 is 1.39 bits per heavy atom. The molecule has 0 saturated carbocycles. The lowest BCUT2D eigenvalue weighted by Gasteiger charge is -2.33. The van der Waals surface area contributed by atoms with Crippen LogP contribution in [0.1, 0.15) is 35.7 Å². The second kappa shape index (κ2) is 5.87. The number of hydrogen-bond donors (Lipinski definition) is 0. The van der Waals surface area contributed by atoms with Crippen molar-refractivity contribution in [3.8, 4) is 0 Å². The van der Waals surface area contributed by atoms with Crippen molar-refractivity contribution in [1.29, 1.82) is 0 Å². The van der Waals surface area contributed by atoms with Crippen LogP contribution >= 0.6 is 15.9 Å². The molecule has 1 fully saturated rings. The van der Waals surface area contributed by atoms with Gasteiger partial charge in [0.2, 0.25) is 0 Å². The molecular weight excluding hydrogens is 290 g/mol. The second-order valence-corrected chi connectivity index (χ2v) is 6.62. The molecule has 0 spiro atoms. The highest BCUT2D eigenvalue weighted by Crippen LogP contribution is 2.25. The van der Waals surface area contributed by atoms with E-state index in [9.17, 15) is 4.79 Å². The molecule has 1 aromatic rings. The normalized spacial score (nSPS) is 18.7. The maximum absolute atomic E-state index is 12.3. The highest BCUT2D eigenvalue weighted by atomic mass is 79.9. The molecule has 1 atom stereocenters. The van der Waals surface area contributed by atoms with E-state index in [1.165, 1.54) is 0 Å². The van der Waals surface area contributed by atoms with Crippen molar-refractivity contribution in [3.63, 3.8) is 0 Å². The lowest BCUT2D eigenvalue weighted by molar-refractivity contribution is 0.0691. The van der Waals surface area contributed by atoms with Gasteiger partial charge in [0.15, 0.2) is 0 Å². The van der Waals surface area contributed by atoms with Gasteiger partial charge in [-0.25, -0.2) is 0 Å². The molecule has 2 nitrogen and oxygen atoms in total. The van der Waals surface area contributed by atoms with Gasteiger partial charge in [-0.2, -0.15) is 0 Å². The largest absolute Gasteiger partial charge is 0.339 e. The van der Waals surface area contributed by atoms with Crippen LogP contribution in [0.15, 0.2) is 24.3 Å². The predicted octanol–water partition coefficient (Wildman–Crippen LogP) is 3.63. The molecule has 1 heterocycles. The zero-order valence-corrected chi connectivity index (χ0v) is 12.6. The van der Waals surface area contributed by atoms with Gasteiger partial charge in [0.05, 0.1) is 0 Å². The van der Waals surface area contributed by atoms with E-state index in [4.69, 9.17) is 0 Å². The molecule has 1 amide bonds. The van der Waals surface area contributed by atoms with E-state index in [1.54, 1.807) is 0 Å². The van der Waals surface area contributed by atoms with Crippen molar-refractivity contribution >= 4 is 21.8 Å².